The molecule has 3 atom stereocenters. The van der Waals surface area contributed by atoms with Crippen molar-refractivity contribution in [2.75, 3.05) is 18.0 Å². The van der Waals surface area contributed by atoms with Crippen molar-refractivity contribution < 1.29 is 40.6 Å². The zero-order valence-electron chi connectivity index (χ0n) is 28.5. The molecule has 0 radical (unpaired) electrons. The van der Waals surface area contributed by atoms with Crippen molar-refractivity contribution in [1.29, 1.82) is 0 Å². The van der Waals surface area contributed by atoms with Crippen LogP contribution in [-0.2, 0) is 29.9 Å². The van der Waals surface area contributed by atoms with Gasteiger partial charge >= 0.3 is 11.9 Å². The molecule has 286 valence electrons. The number of thiazole rings is 1. The number of rotatable bonds is 8. The Hall–Kier alpha value is -5.37. The van der Waals surface area contributed by atoms with E-state index in [9.17, 15) is 36.6 Å². The van der Waals surface area contributed by atoms with Gasteiger partial charge in [-0.2, -0.15) is 37.1 Å². The van der Waals surface area contributed by atoms with Crippen molar-refractivity contribution in [3.05, 3.63) is 92.9 Å². The quantitative estimate of drug-likeness (QED) is 0.173. The second-order valence-corrected chi connectivity index (χ2v) is 15.6. The molecule has 2 aliphatic carbocycles. The fourth-order valence-corrected chi connectivity index (χ4v) is 8.93. The van der Waals surface area contributed by atoms with Crippen molar-refractivity contribution in [3.8, 4) is 11.1 Å². The van der Waals surface area contributed by atoms with E-state index in [0.717, 1.165) is 12.1 Å². The van der Waals surface area contributed by atoms with Crippen LogP contribution in [0, 0.1) is 17.6 Å². The summed E-state index contributed by atoms with van der Waals surface area (Å²) in [6, 6.07) is 6.28. The molecule has 55 heavy (non-hydrogen) atoms. The summed E-state index contributed by atoms with van der Waals surface area (Å²) in [7, 11) is 0. The average molecular weight is 788 g/mol. The standard InChI is InChI=1S/C35H28F7N9O3S/c1-33(54)13-49(14-33)32-45-30-23(55-32)10-20(16-2-5-24-46-47-31(53)50(24)11-16)27(44-30)22(8-15-6-17(36)9-18(37)7-15)43-25(52)12-51-29-26(28(48-51)35(40,41)42)19-3-4-21(19)34(29,38)39/h2,5-7,9-11,19,21-22,54H,3-4,8,12-14H2,1H3,(H,43,52)(H,47,53)/t19-,21+,22-/m0/s1. The van der Waals surface area contributed by atoms with E-state index in [1.807, 2.05) is 4.90 Å². The number of anilines is 1. The number of halogens is 7. The first-order chi connectivity index (χ1) is 25.9. The third-order valence-electron chi connectivity index (χ3n) is 10.5. The van der Waals surface area contributed by atoms with Gasteiger partial charge in [-0.3, -0.25) is 9.48 Å². The smallest absolute Gasteiger partial charge is 0.386 e. The molecule has 1 amide bonds. The number of pyridine rings is 2. The summed E-state index contributed by atoms with van der Waals surface area (Å²) in [6.07, 6.45) is -3.77. The number of alkyl halides is 5. The second kappa shape index (κ2) is 12.1. The van der Waals surface area contributed by atoms with Crippen LogP contribution >= 0.6 is 11.3 Å². The third kappa shape index (κ3) is 5.92. The lowest BCUT2D eigenvalue weighted by Crippen LogP contribution is -2.60. The number of hydrogen-bond donors (Lipinski definition) is 3. The summed E-state index contributed by atoms with van der Waals surface area (Å²) < 4.78 is 105. The molecule has 9 rings (SSSR count). The molecular formula is C35H28F7N9O3S. The highest BCUT2D eigenvalue weighted by Gasteiger charge is 2.63. The number of hydrogen-bond acceptors (Lipinski definition) is 9. The number of amides is 1. The van der Waals surface area contributed by atoms with Gasteiger partial charge in [0.25, 0.3) is 5.92 Å². The number of nitrogens with zero attached hydrogens (tertiary/aromatic N) is 7. The maximum Gasteiger partial charge on any atom is 0.435 e. The number of carbonyl (C=O) groups is 1. The molecule has 6 heterocycles. The van der Waals surface area contributed by atoms with Gasteiger partial charge in [-0.05, 0) is 68.0 Å². The number of fused-ring (bicyclic) bond motifs is 5. The van der Waals surface area contributed by atoms with E-state index in [4.69, 9.17) is 4.98 Å². The Balaban J connectivity index is 1.16. The van der Waals surface area contributed by atoms with Crippen LogP contribution in [0.1, 0.15) is 59.9 Å². The number of H-pyrrole nitrogens is 1. The van der Waals surface area contributed by atoms with E-state index in [-0.39, 0.29) is 41.8 Å². The monoisotopic (exact) mass is 787 g/mol. The van der Waals surface area contributed by atoms with Gasteiger partial charge < -0.3 is 15.3 Å². The molecule has 0 unspecified atom stereocenters. The van der Waals surface area contributed by atoms with E-state index in [1.54, 1.807) is 25.1 Å². The molecule has 20 heteroatoms. The number of benzene rings is 1. The predicted octanol–water partition coefficient (Wildman–Crippen LogP) is 5.46. The number of carbonyl (C=O) groups excluding carboxylic acids is 1. The Morgan fingerprint density at radius 3 is 2.53 bits per heavy atom. The summed E-state index contributed by atoms with van der Waals surface area (Å²) >= 11 is 1.26. The minimum Gasteiger partial charge on any atom is -0.386 e. The largest absolute Gasteiger partial charge is 0.435 e. The van der Waals surface area contributed by atoms with Crippen LogP contribution in [-0.4, -0.2) is 64.1 Å². The van der Waals surface area contributed by atoms with E-state index >= 15 is 8.78 Å². The first-order valence-corrected chi connectivity index (χ1v) is 17.9. The van der Waals surface area contributed by atoms with E-state index in [1.165, 1.54) is 21.9 Å². The Kier molecular flexibility index (Phi) is 7.75. The van der Waals surface area contributed by atoms with Gasteiger partial charge in [0.1, 0.15) is 23.9 Å². The zero-order valence-corrected chi connectivity index (χ0v) is 29.3. The number of aromatic amines is 1. The van der Waals surface area contributed by atoms with E-state index in [0.29, 0.717) is 44.8 Å². The molecule has 1 saturated carbocycles. The average Bonchev–Trinajstić information content (AvgIpc) is 3.78. The Bertz CT molecular complexity index is 2590. The molecule has 1 saturated heterocycles. The number of β-amino-alcohol motifs (C(OH)–C–C–N with tert-alkyl or cyclic N) is 1. The Morgan fingerprint density at radius 2 is 1.85 bits per heavy atom. The summed E-state index contributed by atoms with van der Waals surface area (Å²) in [4.78, 5) is 37.7. The lowest BCUT2D eigenvalue weighted by Gasteiger charge is -2.43. The zero-order chi connectivity index (χ0) is 38.8. The highest BCUT2D eigenvalue weighted by molar-refractivity contribution is 7.22. The topological polar surface area (TPSA) is 146 Å². The molecule has 6 aromatic rings. The van der Waals surface area contributed by atoms with E-state index in [2.05, 4.69) is 25.6 Å². The van der Waals surface area contributed by atoms with Crippen molar-refractivity contribution in [2.24, 2.45) is 5.92 Å². The minimum atomic E-state index is -5.05. The molecule has 1 aliphatic heterocycles. The maximum atomic E-state index is 15.6. The Morgan fingerprint density at radius 1 is 1.11 bits per heavy atom. The lowest BCUT2D eigenvalue weighted by molar-refractivity contribution is -0.144. The van der Waals surface area contributed by atoms with Crippen molar-refractivity contribution in [1.82, 2.24) is 39.7 Å². The number of aliphatic hydroxyl groups is 1. The lowest BCUT2D eigenvalue weighted by atomic mass is 9.73. The molecule has 0 spiro atoms. The van der Waals surface area contributed by atoms with Gasteiger partial charge in [0.05, 0.1) is 35.1 Å². The van der Waals surface area contributed by atoms with Crippen molar-refractivity contribution >= 4 is 38.4 Å². The first-order valence-electron chi connectivity index (χ1n) is 17.1. The van der Waals surface area contributed by atoms with Crippen LogP contribution in [0.2, 0.25) is 0 Å². The summed E-state index contributed by atoms with van der Waals surface area (Å²) in [5.41, 5.74) is -3.16. The predicted molar refractivity (Wildman–Crippen MR) is 183 cm³/mol. The van der Waals surface area contributed by atoms with Gasteiger partial charge in [0.15, 0.2) is 22.1 Å². The number of aromatic nitrogens is 7. The molecule has 12 nitrogen and oxygen atoms in total. The molecule has 0 bridgehead atoms. The first kappa shape index (κ1) is 35.3. The highest BCUT2D eigenvalue weighted by Crippen LogP contribution is 2.64. The summed E-state index contributed by atoms with van der Waals surface area (Å²) in [5.74, 6) is -8.93. The fourth-order valence-electron chi connectivity index (χ4n) is 7.99. The van der Waals surface area contributed by atoms with Crippen LogP contribution in [0.5, 0.6) is 0 Å². The van der Waals surface area contributed by atoms with Gasteiger partial charge in [-0.15, -0.1) is 0 Å². The molecule has 5 aromatic heterocycles. The molecule has 3 N–H and O–H groups in total. The summed E-state index contributed by atoms with van der Waals surface area (Å²) in [6.45, 7) is 1.23. The third-order valence-corrected chi connectivity index (χ3v) is 11.5. The van der Waals surface area contributed by atoms with Crippen LogP contribution < -0.4 is 15.9 Å². The van der Waals surface area contributed by atoms with Crippen LogP contribution in [0.15, 0.2) is 47.4 Å². The molecule has 3 aliphatic rings. The van der Waals surface area contributed by atoms with Crippen LogP contribution in [0.3, 0.4) is 0 Å². The highest BCUT2D eigenvalue weighted by atomic mass is 32.1. The maximum absolute atomic E-state index is 15.6. The SMILES string of the molecule is CC1(O)CN(c2nc3nc([C@H](Cc4cc(F)cc(F)c4)NC(=O)Cn4nc(C(F)(F)F)c5c4C(F)(F)[C@@H]4CC[C@H]54)c(-c4ccc5n[nH]c(=O)n5c4)cc3s2)C1. The van der Waals surface area contributed by atoms with Gasteiger partial charge in [-0.1, -0.05) is 11.3 Å². The minimum absolute atomic E-state index is 0.0190. The van der Waals surface area contributed by atoms with Gasteiger partial charge in [-0.25, -0.2) is 28.1 Å². The fraction of sp³-hybridized carbons (Fsp3) is 0.371. The number of nitrogens with one attached hydrogen (secondary N) is 2. The Labute approximate surface area is 308 Å². The summed E-state index contributed by atoms with van der Waals surface area (Å²) in [5, 5.41) is 23.3. The molecule has 2 fully saturated rings. The van der Waals surface area contributed by atoms with Crippen molar-refractivity contribution in [3.63, 3.8) is 0 Å². The second-order valence-electron chi connectivity index (χ2n) is 14.5. The normalized spacial score (nSPS) is 20.3. The van der Waals surface area contributed by atoms with Crippen LogP contribution in [0.4, 0.5) is 35.9 Å². The van der Waals surface area contributed by atoms with Gasteiger partial charge in [0.2, 0.25) is 5.91 Å². The van der Waals surface area contributed by atoms with Crippen LogP contribution in [0.25, 0.3) is 27.1 Å². The van der Waals surface area contributed by atoms with Gasteiger partial charge in [0, 0.05) is 34.9 Å². The molecular weight excluding hydrogens is 759 g/mol. The van der Waals surface area contributed by atoms with Crippen molar-refractivity contribution in [2.45, 2.75) is 62.4 Å². The molecule has 1 aromatic carbocycles. The van der Waals surface area contributed by atoms with E-state index < -0.39 is 82.3 Å².